The first kappa shape index (κ1) is 16.2. The SMILES string of the molecule is COC(=O)[C@@](C)(O)CN1CCC[C@@H](C(=O)NCC2CC2)C1. The summed E-state index contributed by atoms with van der Waals surface area (Å²) in [6.07, 6.45) is 4.21. The van der Waals surface area contributed by atoms with Gasteiger partial charge >= 0.3 is 5.97 Å². The number of ether oxygens (including phenoxy) is 1. The molecule has 1 aliphatic carbocycles. The van der Waals surface area contributed by atoms with Gasteiger partial charge < -0.3 is 15.2 Å². The molecule has 1 amide bonds. The molecule has 2 atom stereocenters. The number of amides is 1. The zero-order valence-corrected chi connectivity index (χ0v) is 12.9. The molecule has 2 rings (SSSR count). The number of carbonyl (C=O) groups is 2. The van der Waals surface area contributed by atoms with E-state index in [1.165, 1.54) is 26.9 Å². The van der Waals surface area contributed by atoms with Gasteiger partial charge in [0.2, 0.25) is 5.91 Å². The quantitative estimate of drug-likeness (QED) is 0.682. The van der Waals surface area contributed by atoms with E-state index in [1.54, 1.807) is 0 Å². The van der Waals surface area contributed by atoms with Crippen molar-refractivity contribution in [3.05, 3.63) is 0 Å². The van der Waals surface area contributed by atoms with Gasteiger partial charge in [-0.15, -0.1) is 0 Å². The van der Waals surface area contributed by atoms with Crippen LogP contribution < -0.4 is 5.32 Å². The Kier molecular flexibility index (Phi) is 5.22. The van der Waals surface area contributed by atoms with Gasteiger partial charge in [0.05, 0.1) is 13.0 Å². The molecule has 1 saturated heterocycles. The number of esters is 1. The van der Waals surface area contributed by atoms with E-state index in [0.29, 0.717) is 12.5 Å². The van der Waals surface area contributed by atoms with Crippen LogP contribution in [-0.2, 0) is 14.3 Å². The van der Waals surface area contributed by atoms with E-state index in [4.69, 9.17) is 0 Å². The van der Waals surface area contributed by atoms with E-state index < -0.39 is 11.6 Å². The third-order valence-electron chi connectivity index (χ3n) is 4.29. The Balaban J connectivity index is 1.81. The normalized spacial score (nSPS) is 26.0. The topological polar surface area (TPSA) is 78.9 Å². The molecule has 6 nitrogen and oxygen atoms in total. The van der Waals surface area contributed by atoms with Crippen molar-refractivity contribution in [1.82, 2.24) is 10.2 Å². The average Bonchev–Trinajstić information content (AvgIpc) is 3.27. The number of hydrogen-bond acceptors (Lipinski definition) is 5. The number of rotatable bonds is 6. The van der Waals surface area contributed by atoms with Gasteiger partial charge in [-0.1, -0.05) is 0 Å². The molecule has 2 fully saturated rings. The number of likely N-dealkylation sites (tertiary alicyclic amines) is 1. The molecular formula is C15H26N2O4. The lowest BCUT2D eigenvalue weighted by atomic mass is 9.95. The lowest BCUT2D eigenvalue weighted by Gasteiger charge is -2.35. The Hall–Kier alpha value is -1.14. The van der Waals surface area contributed by atoms with Gasteiger partial charge in [-0.3, -0.25) is 9.69 Å². The predicted molar refractivity (Wildman–Crippen MR) is 77.5 cm³/mol. The van der Waals surface area contributed by atoms with Crippen LogP contribution in [0.3, 0.4) is 0 Å². The summed E-state index contributed by atoms with van der Waals surface area (Å²) in [5, 5.41) is 13.1. The van der Waals surface area contributed by atoms with Crippen molar-refractivity contribution in [2.45, 2.75) is 38.2 Å². The van der Waals surface area contributed by atoms with Crippen molar-refractivity contribution in [1.29, 1.82) is 0 Å². The molecule has 0 unspecified atom stereocenters. The Labute approximate surface area is 125 Å². The highest BCUT2D eigenvalue weighted by Crippen LogP contribution is 2.28. The number of aliphatic hydroxyl groups is 1. The number of hydrogen-bond donors (Lipinski definition) is 2. The van der Waals surface area contributed by atoms with Crippen LogP contribution in [0.4, 0.5) is 0 Å². The first-order valence-corrected chi connectivity index (χ1v) is 7.73. The average molecular weight is 298 g/mol. The molecule has 0 spiro atoms. The van der Waals surface area contributed by atoms with Crippen molar-refractivity contribution in [2.24, 2.45) is 11.8 Å². The molecule has 2 aliphatic rings. The second-order valence-electron chi connectivity index (χ2n) is 6.53. The smallest absolute Gasteiger partial charge is 0.338 e. The van der Waals surface area contributed by atoms with Crippen LogP contribution >= 0.6 is 0 Å². The highest BCUT2D eigenvalue weighted by molar-refractivity contribution is 5.79. The molecule has 1 saturated carbocycles. The molecule has 1 aliphatic heterocycles. The Morgan fingerprint density at radius 3 is 2.71 bits per heavy atom. The molecule has 0 aromatic heterocycles. The van der Waals surface area contributed by atoms with Gasteiger partial charge in [-0.25, -0.2) is 4.79 Å². The molecule has 6 heteroatoms. The number of nitrogens with zero attached hydrogens (tertiary/aromatic N) is 1. The van der Waals surface area contributed by atoms with Gasteiger partial charge in [-0.2, -0.15) is 0 Å². The van der Waals surface area contributed by atoms with Crippen LogP contribution in [0.25, 0.3) is 0 Å². The second kappa shape index (κ2) is 6.75. The van der Waals surface area contributed by atoms with Crippen molar-refractivity contribution in [2.75, 3.05) is 33.3 Å². The maximum Gasteiger partial charge on any atom is 0.338 e. The summed E-state index contributed by atoms with van der Waals surface area (Å²) in [6.45, 7) is 3.82. The van der Waals surface area contributed by atoms with Gasteiger partial charge in [0.15, 0.2) is 5.60 Å². The van der Waals surface area contributed by atoms with Crippen LogP contribution in [0.2, 0.25) is 0 Å². The minimum atomic E-state index is -1.53. The molecule has 0 radical (unpaired) electrons. The summed E-state index contributed by atoms with van der Waals surface area (Å²) < 4.78 is 4.61. The van der Waals surface area contributed by atoms with Crippen molar-refractivity contribution >= 4 is 11.9 Å². The standard InChI is InChI=1S/C15H26N2O4/c1-15(20,14(19)21-2)10-17-7-3-4-12(9-17)13(18)16-8-11-5-6-11/h11-12,20H,3-10H2,1-2H3,(H,16,18)/t12-,15+/m1/s1. The second-order valence-corrected chi connectivity index (χ2v) is 6.53. The lowest BCUT2D eigenvalue weighted by Crippen LogP contribution is -2.51. The molecule has 0 bridgehead atoms. The largest absolute Gasteiger partial charge is 0.467 e. The molecule has 0 aromatic carbocycles. The molecule has 1 heterocycles. The zero-order valence-electron chi connectivity index (χ0n) is 12.9. The van der Waals surface area contributed by atoms with Gasteiger partial charge in [0, 0.05) is 19.6 Å². The molecule has 0 aromatic rings. The minimum Gasteiger partial charge on any atom is -0.467 e. The highest BCUT2D eigenvalue weighted by Gasteiger charge is 2.36. The Morgan fingerprint density at radius 1 is 1.38 bits per heavy atom. The van der Waals surface area contributed by atoms with Crippen LogP contribution in [0.1, 0.15) is 32.6 Å². The minimum absolute atomic E-state index is 0.0500. The Bertz CT molecular complexity index is 393. The first-order valence-electron chi connectivity index (χ1n) is 7.73. The van der Waals surface area contributed by atoms with E-state index >= 15 is 0 Å². The number of nitrogens with one attached hydrogen (secondary N) is 1. The molecular weight excluding hydrogens is 272 g/mol. The van der Waals surface area contributed by atoms with E-state index in [1.807, 2.05) is 4.90 Å². The summed E-state index contributed by atoms with van der Waals surface area (Å²) in [6, 6.07) is 0. The summed E-state index contributed by atoms with van der Waals surface area (Å²) >= 11 is 0. The first-order chi connectivity index (χ1) is 9.92. The fourth-order valence-electron chi connectivity index (χ4n) is 2.84. The third kappa shape index (κ3) is 4.68. The van der Waals surface area contributed by atoms with Crippen LogP contribution in [0, 0.1) is 11.8 Å². The van der Waals surface area contributed by atoms with E-state index in [0.717, 1.165) is 25.9 Å². The van der Waals surface area contributed by atoms with Crippen LogP contribution in [0.5, 0.6) is 0 Å². The van der Waals surface area contributed by atoms with Crippen molar-refractivity contribution in [3.8, 4) is 0 Å². The number of methoxy groups -OCH3 is 1. The molecule has 2 N–H and O–H groups in total. The highest BCUT2D eigenvalue weighted by atomic mass is 16.5. The van der Waals surface area contributed by atoms with E-state index in [-0.39, 0.29) is 18.4 Å². The van der Waals surface area contributed by atoms with Crippen molar-refractivity contribution in [3.63, 3.8) is 0 Å². The maximum absolute atomic E-state index is 12.1. The summed E-state index contributed by atoms with van der Waals surface area (Å²) in [5.74, 6) is 0.0896. The number of β-amino-alcohol motifs (C(OH)–C–C–N with tert-alkyl or cyclic N) is 1. The summed E-state index contributed by atoms with van der Waals surface area (Å²) in [5.41, 5.74) is -1.53. The lowest BCUT2D eigenvalue weighted by molar-refractivity contribution is -0.162. The van der Waals surface area contributed by atoms with Gasteiger partial charge in [0.1, 0.15) is 0 Å². The number of piperidine rings is 1. The Morgan fingerprint density at radius 2 is 2.10 bits per heavy atom. The van der Waals surface area contributed by atoms with Crippen LogP contribution in [0.15, 0.2) is 0 Å². The fourth-order valence-corrected chi connectivity index (χ4v) is 2.84. The van der Waals surface area contributed by atoms with E-state index in [2.05, 4.69) is 10.1 Å². The van der Waals surface area contributed by atoms with E-state index in [9.17, 15) is 14.7 Å². The monoisotopic (exact) mass is 298 g/mol. The molecule has 120 valence electrons. The molecule has 21 heavy (non-hydrogen) atoms. The van der Waals surface area contributed by atoms with Gasteiger partial charge in [-0.05, 0) is 45.1 Å². The summed E-state index contributed by atoms with van der Waals surface area (Å²) in [7, 11) is 1.27. The zero-order chi connectivity index (χ0) is 15.5. The van der Waals surface area contributed by atoms with Gasteiger partial charge in [0.25, 0.3) is 0 Å². The maximum atomic E-state index is 12.1. The number of carbonyl (C=O) groups excluding carboxylic acids is 2. The predicted octanol–water partition coefficient (Wildman–Crippen LogP) is 0.149. The summed E-state index contributed by atoms with van der Waals surface area (Å²) in [4.78, 5) is 25.6. The third-order valence-corrected chi connectivity index (χ3v) is 4.29. The van der Waals surface area contributed by atoms with Crippen molar-refractivity contribution < 1.29 is 19.4 Å². The van der Waals surface area contributed by atoms with Crippen LogP contribution in [-0.4, -0.2) is 60.8 Å². The fraction of sp³-hybridized carbons (Fsp3) is 0.867.